The van der Waals surface area contributed by atoms with Gasteiger partial charge in [0.05, 0.1) is 17.9 Å². The van der Waals surface area contributed by atoms with Gasteiger partial charge in [-0.2, -0.15) is 5.10 Å². The van der Waals surface area contributed by atoms with Gasteiger partial charge in [-0.05, 0) is 32.5 Å². The second-order valence-electron chi connectivity index (χ2n) is 4.83. The molecule has 2 rings (SSSR count). The third-order valence-corrected chi connectivity index (χ3v) is 3.01. The first-order valence-electron chi connectivity index (χ1n) is 6.62. The van der Waals surface area contributed by atoms with Gasteiger partial charge in [0, 0.05) is 19.6 Å². The van der Waals surface area contributed by atoms with E-state index >= 15 is 0 Å². The summed E-state index contributed by atoms with van der Waals surface area (Å²) in [5.41, 5.74) is 0.981. The van der Waals surface area contributed by atoms with Gasteiger partial charge in [-0.3, -0.25) is 0 Å². The second kappa shape index (κ2) is 6.11. The monoisotopic (exact) mass is 250 g/mol. The molecule has 1 aliphatic rings. The molecule has 0 amide bonds. The lowest BCUT2D eigenvalue weighted by Crippen LogP contribution is -2.45. The summed E-state index contributed by atoms with van der Waals surface area (Å²) < 4.78 is 5.71. The molecule has 1 aliphatic heterocycles. The predicted molar refractivity (Wildman–Crippen MR) is 71.6 cm³/mol. The molecule has 1 N–H and O–H groups in total. The van der Waals surface area contributed by atoms with Crippen molar-refractivity contribution in [1.82, 2.24) is 15.5 Å². The number of nitrogens with zero attached hydrogens (tertiary/aromatic N) is 3. The van der Waals surface area contributed by atoms with Crippen LogP contribution in [0.25, 0.3) is 0 Å². The van der Waals surface area contributed by atoms with Gasteiger partial charge in [-0.25, -0.2) is 0 Å². The largest absolute Gasteiger partial charge is 0.372 e. The molecule has 1 aromatic heterocycles. The van der Waals surface area contributed by atoms with E-state index in [0.717, 1.165) is 37.7 Å². The average Bonchev–Trinajstić information content (AvgIpc) is 2.36. The molecule has 100 valence electrons. The van der Waals surface area contributed by atoms with Crippen LogP contribution in [0.4, 0.5) is 5.82 Å². The zero-order valence-electron chi connectivity index (χ0n) is 11.4. The smallest absolute Gasteiger partial charge is 0.151 e. The molecule has 0 aliphatic carbocycles. The highest BCUT2D eigenvalue weighted by Crippen LogP contribution is 2.17. The van der Waals surface area contributed by atoms with Crippen molar-refractivity contribution >= 4 is 5.82 Å². The van der Waals surface area contributed by atoms with Gasteiger partial charge in [0.25, 0.3) is 0 Å². The normalized spacial score (nSPS) is 24.3. The van der Waals surface area contributed by atoms with Gasteiger partial charge >= 0.3 is 0 Å². The van der Waals surface area contributed by atoms with Crippen molar-refractivity contribution in [2.75, 3.05) is 24.5 Å². The fourth-order valence-corrected chi connectivity index (χ4v) is 2.23. The molecule has 0 aromatic carbocycles. The molecule has 5 nitrogen and oxygen atoms in total. The van der Waals surface area contributed by atoms with E-state index in [9.17, 15) is 0 Å². The summed E-state index contributed by atoms with van der Waals surface area (Å²) in [6, 6.07) is 4.08. The molecular weight excluding hydrogens is 228 g/mol. The summed E-state index contributed by atoms with van der Waals surface area (Å²) in [5.74, 6) is 0.942. The van der Waals surface area contributed by atoms with E-state index in [0.29, 0.717) is 0 Å². The molecular formula is C13H22N4O. The van der Waals surface area contributed by atoms with Crippen molar-refractivity contribution in [3.05, 3.63) is 17.8 Å². The SMILES string of the molecule is CCNCc1ccc(N2CC(C)OC(C)C2)nn1. The third kappa shape index (κ3) is 3.40. The molecule has 2 unspecified atom stereocenters. The Balaban J connectivity index is 2.00. The lowest BCUT2D eigenvalue weighted by molar-refractivity contribution is -0.00550. The topological polar surface area (TPSA) is 50.3 Å². The van der Waals surface area contributed by atoms with Crippen LogP contribution < -0.4 is 10.2 Å². The number of rotatable bonds is 4. The second-order valence-corrected chi connectivity index (χ2v) is 4.83. The van der Waals surface area contributed by atoms with Crippen molar-refractivity contribution in [3.8, 4) is 0 Å². The maximum atomic E-state index is 5.71. The quantitative estimate of drug-likeness (QED) is 0.870. The van der Waals surface area contributed by atoms with E-state index in [2.05, 4.69) is 41.2 Å². The summed E-state index contributed by atoms with van der Waals surface area (Å²) in [5, 5.41) is 11.8. The Morgan fingerprint density at radius 3 is 2.56 bits per heavy atom. The molecule has 18 heavy (non-hydrogen) atoms. The fourth-order valence-electron chi connectivity index (χ4n) is 2.23. The van der Waals surface area contributed by atoms with Crippen molar-refractivity contribution in [1.29, 1.82) is 0 Å². The number of morpholine rings is 1. The minimum atomic E-state index is 0.247. The van der Waals surface area contributed by atoms with Crippen LogP contribution in [0.1, 0.15) is 26.5 Å². The first-order valence-corrected chi connectivity index (χ1v) is 6.62. The number of hydrogen-bond donors (Lipinski definition) is 1. The molecule has 0 radical (unpaired) electrons. The van der Waals surface area contributed by atoms with Gasteiger partial charge in [0.15, 0.2) is 5.82 Å². The van der Waals surface area contributed by atoms with Crippen LogP contribution in [-0.2, 0) is 11.3 Å². The Labute approximate surface area is 109 Å². The van der Waals surface area contributed by atoms with Crippen LogP contribution in [0.15, 0.2) is 12.1 Å². The first-order chi connectivity index (χ1) is 8.69. The van der Waals surface area contributed by atoms with Gasteiger partial charge < -0.3 is 15.0 Å². The Morgan fingerprint density at radius 1 is 1.28 bits per heavy atom. The molecule has 1 aromatic rings. The predicted octanol–water partition coefficient (Wildman–Crippen LogP) is 1.20. The minimum absolute atomic E-state index is 0.247. The highest BCUT2D eigenvalue weighted by Gasteiger charge is 2.23. The lowest BCUT2D eigenvalue weighted by Gasteiger charge is -2.35. The maximum absolute atomic E-state index is 5.71. The highest BCUT2D eigenvalue weighted by atomic mass is 16.5. The van der Waals surface area contributed by atoms with Crippen molar-refractivity contribution in [2.45, 2.75) is 39.5 Å². The van der Waals surface area contributed by atoms with E-state index in [1.807, 2.05) is 12.1 Å². The summed E-state index contributed by atoms with van der Waals surface area (Å²) in [7, 11) is 0. The Hall–Kier alpha value is -1.20. The van der Waals surface area contributed by atoms with Crippen LogP contribution in [-0.4, -0.2) is 42.0 Å². The van der Waals surface area contributed by atoms with Crippen molar-refractivity contribution < 1.29 is 4.74 Å². The van der Waals surface area contributed by atoms with E-state index in [1.54, 1.807) is 0 Å². The average molecular weight is 250 g/mol. The number of hydrogen-bond acceptors (Lipinski definition) is 5. The van der Waals surface area contributed by atoms with E-state index in [-0.39, 0.29) is 12.2 Å². The minimum Gasteiger partial charge on any atom is -0.372 e. The van der Waals surface area contributed by atoms with Crippen molar-refractivity contribution in [3.63, 3.8) is 0 Å². The number of nitrogens with one attached hydrogen (secondary N) is 1. The molecule has 0 saturated carbocycles. The Kier molecular flexibility index (Phi) is 4.49. The summed E-state index contributed by atoms with van der Waals surface area (Å²) in [6.07, 6.45) is 0.494. The Morgan fingerprint density at radius 2 is 2.00 bits per heavy atom. The van der Waals surface area contributed by atoms with Crippen LogP contribution in [0, 0.1) is 0 Å². The summed E-state index contributed by atoms with van der Waals surface area (Å²) in [6.45, 7) is 9.75. The standard InChI is InChI=1S/C13H22N4O/c1-4-14-7-12-5-6-13(16-15-12)17-8-10(2)18-11(3)9-17/h5-6,10-11,14H,4,7-9H2,1-3H3. The van der Waals surface area contributed by atoms with Gasteiger partial charge in [0.1, 0.15) is 0 Å². The molecule has 2 heterocycles. The molecule has 0 bridgehead atoms. The summed E-state index contributed by atoms with van der Waals surface area (Å²) >= 11 is 0. The van der Waals surface area contributed by atoms with Crippen molar-refractivity contribution in [2.24, 2.45) is 0 Å². The highest BCUT2D eigenvalue weighted by molar-refractivity contribution is 5.38. The first kappa shape index (κ1) is 13.2. The van der Waals surface area contributed by atoms with Gasteiger partial charge in [-0.1, -0.05) is 6.92 Å². The maximum Gasteiger partial charge on any atom is 0.151 e. The lowest BCUT2D eigenvalue weighted by atomic mass is 10.2. The van der Waals surface area contributed by atoms with E-state index in [4.69, 9.17) is 4.74 Å². The van der Waals surface area contributed by atoms with Crippen LogP contribution in [0.3, 0.4) is 0 Å². The molecule has 0 spiro atoms. The van der Waals surface area contributed by atoms with E-state index in [1.165, 1.54) is 0 Å². The number of aromatic nitrogens is 2. The number of ether oxygens (including phenoxy) is 1. The zero-order valence-corrected chi connectivity index (χ0v) is 11.4. The van der Waals surface area contributed by atoms with Crippen LogP contribution in [0.2, 0.25) is 0 Å². The Bertz CT molecular complexity index is 358. The summed E-state index contributed by atoms with van der Waals surface area (Å²) in [4.78, 5) is 2.24. The van der Waals surface area contributed by atoms with Gasteiger partial charge in [-0.15, -0.1) is 5.10 Å². The molecule has 5 heteroatoms. The number of anilines is 1. The zero-order chi connectivity index (χ0) is 13.0. The molecule has 1 saturated heterocycles. The van der Waals surface area contributed by atoms with Crippen LogP contribution >= 0.6 is 0 Å². The molecule has 2 atom stereocenters. The fraction of sp³-hybridized carbons (Fsp3) is 0.692. The third-order valence-electron chi connectivity index (χ3n) is 3.01. The molecule has 1 fully saturated rings. The van der Waals surface area contributed by atoms with Crippen LogP contribution in [0.5, 0.6) is 0 Å². The van der Waals surface area contributed by atoms with E-state index < -0.39 is 0 Å². The van der Waals surface area contributed by atoms with Gasteiger partial charge in [0.2, 0.25) is 0 Å².